The molecule has 0 rings (SSSR count). The number of nitrogens with one attached hydrogen (secondary N) is 2. The molecule has 0 saturated carbocycles. The van der Waals surface area contributed by atoms with Crippen LogP contribution in [-0.2, 0) is 0 Å². The van der Waals surface area contributed by atoms with E-state index in [-0.39, 0.29) is 6.17 Å². The molecule has 8 heavy (non-hydrogen) atoms. The lowest BCUT2D eigenvalue weighted by atomic mass is 10.6. The van der Waals surface area contributed by atoms with Crippen molar-refractivity contribution in [3.8, 4) is 0 Å². The molecule has 0 bridgehead atoms. The lowest BCUT2D eigenvalue weighted by molar-refractivity contribution is 0.244. The predicted molar refractivity (Wildman–Crippen MR) is 31.2 cm³/mol. The van der Waals surface area contributed by atoms with Gasteiger partial charge in [0.15, 0.2) is 0 Å². The molecule has 4 heteroatoms. The quantitative estimate of drug-likeness (QED) is 0.415. The summed E-state index contributed by atoms with van der Waals surface area (Å²) in [6, 6.07) is -0.508. The van der Waals surface area contributed by atoms with E-state index < -0.39 is 6.03 Å². The van der Waals surface area contributed by atoms with Gasteiger partial charge in [-0.1, -0.05) is 0 Å². The van der Waals surface area contributed by atoms with Gasteiger partial charge in [0, 0.05) is 0 Å². The first-order chi connectivity index (χ1) is 3.66. The highest BCUT2D eigenvalue weighted by Gasteiger charge is 1.96. The first-order valence-electron chi connectivity index (χ1n) is 2.40. The maximum atomic E-state index is 10.0. The SMILES string of the molecule is CNC(C)NC(N)=O. The fraction of sp³-hybridized carbons (Fsp3) is 0.750. The molecule has 0 radical (unpaired) electrons. The molecule has 0 fully saturated rings. The van der Waals surface area contributed by atoms with Crippen LogP contribution in [0.25, 0.3) is 0 Å². The van der Waals surface area contributed by atoms with Crippen LogP contribution in [0.15, 0.2) is 0 Å². The van der Waals surface area contributed by atoms with Crippen molar-refractivity contribution in [1.82, 2.24) is 10.6 Å². The molecule has 0 spiro atoms. The number of carbonyl (C=O) groups is 1. The topological polar surface area (TPSA) is 67.2 Å². The monoisotopic (exact) mass is 117 g/mol. The average molecular weight is 117 g/mol. The van der Waals surface area contributed by atoms with Crippen molar-refractivity contribution in [3.63, 3.8) is 0 Å². The molecule has 2 amide bonds. The molecular weight excluding hydrogens is 106 g/mol. The third-order valence-corrected chi connectivity index (χ3v) is 0.792. The number of carbonyl (C=O) groups excluding carboxylic acids is 1. The Kier molecular flexibility index (Phi) is 2.95. The molecule has 0 heterocycles. The Morgan fingerprint density at radius 2 is 2.25 bits per heavy atom. The second-order valence-electron chi connectivity index (χ2n) is 1.52. The van der Waals surface area contributed by atoms with Crippen molar-refractivity contribution in [2.75, 3.05) is 7.05 Å². The maximum Gasteiger partial charge on any atom is 0.313 e. The molecule has 0 aliphatic rings. The molecule has 1 unspecified atom stereocenters. The van der Waals surface area contributed by atoms with E-state index in [9.17, 15) is 4.79 Å². The largest absolute Gasteiger partial charge is 0.352 e. The van der Waals surface area contributed by atoms with Crippen LogP contribution in [0.5, 0.6) is 0 Å². The van der Waals surface area contributed by atoms with Gasteiger partial charge in [0.2, 0.25) is 0 Å². The second-order valence-corrected chi connectivity index (χ2v) is 1.52. The molecule has 0 aliphatic heterocycles. The number of rotatable bonds is 2. The van der Waals surface area contributed by atoms with Crippen LogP contribution >= 0.6 is 0 Å². The first kappa shape index (κ1) is 7.23. The van der Waals surface area contributed by atoms with E-state index in [2.05, 4.69) is 10.6 Å². The molecular formula is C4H11N3O. The smallest absolute Gasteiger partial charge is 0.313 e. The number of urea groups is 1. The van der Waals surface area contributed by atoms with Gasteiger partial charge in [-0.05, 0) is 14.0 Å². The number of nitrogens with two attached hydrogens (primary N) is 1. The summed E-state index contributed by atoms with van der Waals surface area (Å²) in [5.41, 5.74) is 4.78. The number of hydrogen-bond acceptors (Lipinski definition) is 2. The van der Waals surface area contributed by atoms with Gasteiger partial charge >= 0.3 is 6.03 Å². The molecule has 0 aromatic heterocycles. The summed E-state index contributed by atoms with van der Waals surface area (Å²) >= 11 is 0. The van der Waals surface area contributed by atoms with Gasteiger partial charge in [-0.2, -0.15) is 0 Å². The number of hydrogen-bond donors (Lipinski definition) is 3. The molecule has 48 valence electrons. The molecule has 0 aromatic rings. The van der Waals surface area contributed by atoms with Gasteiger partial charge in [-0.3, -0.25) is 0 Å². The van der Waals surface area contributed by atoms with E-state index in [4.69, 9.17) is 5.73 Å². The van der Waals surface area contributed by atoms with Crippen LogP contribution in [0.3, 0.4) is 0 Å². The Morgan fingerprint density at radius 1 is 1.75 bits per heavy atom. The van der Waals surface area contributed by atoms with E-state index in [1.165, 1.54) is 0 Å². The minimum atomic E-state index is -0.508. The third kappa shape index (κ3) is 3.42. The standard InChI is InChI=1S/C4H11N3O/c1-3(6-2)7-4(5)8/h3,6H,1-2H3,(H3,5,7,8). The van der Waals surface area contributed by atoms with Gasteiger partial charge in [-0.25, -0.2) is 4.79 Å². The summed E-state index contributed by atoms with van der Waals surface area (Å²) in [7, 11) is 1.74. The summed E-state index contributed by atoms with van der Waals surface area (Å²) in [6.07, 6.45) is -0.0486. The molecule has 0 aromatic carbocycles. The van der Waals surface area contributed by atoms with E-state index in [1.54, 1.807) is 14.0 Å². The van der Waals surface area contributed by atoms with E-state index in [0.717, 1.165) is 0 Å². The van der Waals surface area contributed by atoms with Crippen molar-refractivity contribution in [2.45, 2.75) is 13.1 Å². The third-order valence-electron chi connectivity index (χ3n) is 0.792. The van der Waals surface area contributed by atoms with Gasteiger partial charge in [0.25, 0.3) is 0 Å². The summed E-state index contributed by atoms with van der Waals surface area (Å²) in [6.45, 7) is 1.80. The predicted octanol–water partition coefficient (Wildman–Crippen LogP) is -0.780. The molecule has 0 saturated heterocycles. The van der Waals surface area contributed by atoms with Crippen molar-refractivity contribution in [2.24, 2.45) is 5.73 Å². The zero-order chi connectivity index (χ0) is 6.57. The van der Waals surface area contributed by atoms with Crippen LogP contribution in [0.2, 0.25) is 0 Å². The zero-order valence-corrected chi connectivity index (χ0v) is 5.06. The summed E-state index contributed by atoms with van der Waals surface area (Å²) in [4.78, 5) is 10.0. The van der Waals surface area contributed by atoms with Crippen LogP contribution in [-0.4, -0.2) is 19.2 Å². The maximum absolute atomic E-state index is 10.0. The first-order valence-corrected chi connectivity index (χ1v) is 2.40. The van der Waals surface area contributed by atoms with E-state index >= 15 is 0 Å². The van der Waals surface area contributed by atoms with Crippen molar-refractivity contribution >= 4 is 6.03 Å². The normalized spacial score (nSPS) is 12.8. The minimum Gasteiger partial charge on any atom is -0.352 e. The van der Waals surface area contributed by atoms with Gasteiger partial charge in [0.1, 0.15) is 0 Å². The van der Waals surface area contributed by atoms with Crippen molar-refractivity contribution in [1.29, 1.82) is 0 Å². The molecule has 0 aliphatic carbocycles. The fourth-order valence-electron chi connectivity index (χ4n) is 0.286. The summed E-state index contributed by atoms with van der Waals surface area (Å²) in [5.74, 6) is 0. The van der Waals surface area contributed by atoms with Gasteiger partial charge < -0.3 is 16.4 Å². The highest BCUT2D eigenvalue weighted by Crippen LogP contribution is 1.67. The highest BCUT2D eigenvalue weighted by molar-refractivity contribution is 5.71. The Morgan fingerprint density at radius 3 is 2.38 bits per heavy atom. The van der Waals surface area contributed by atoms with Crippen LogP contribution in [0.1, 0.15) is 6.92 Å². The lowest BCUT2D eigenvalue weighted by Crippen LogP contribution is -2.43. The molecule has 4 N–H and O–H groups in total. The van der Waals surface area contributed by atoms with Crippen LogP contribution < -0.4 is 16.4 Å². The Hall–Kier alpha value is -0.770. The van der Waals surface area contributed by atoms with Crippen molar-refractivity contribution in [3.05, 3.63) is 0 Å². The van der Waals surface area contributed by atoms with Crippen LogP contribution in [0, 0.1) is 0 Å². The van der Waals surface area contributed by atoms with Crippen LogP contribution in [0.4, 0.5) is 4.79 Å². The number of primary amides is 1. The second kappa shape index (κ2) is 3.26. The lowest BCUT2D eigenvalue weighted by Gasteiger charge is -2.08. The number of amides is 2. The minimum absolute atomic E-state index is 0.0486. The Balaban J connectivity index is 3.24. The summed E-state index contributed by atoms with van der Waals surface area (Å²) in [5, 5.41) is 5.20. The van der Waals surface area contributed by atoms with E-state index in [0.29, 0.717) is 0 Å². The summed E-state index contributed by atoms with van der Waals surface area (Å²) < 4.78 is 0. The Bertz CT molecular complexity index is 83.4. The zero-order valence-electron chi connectivity index (χ0n) is 5.06. The van der Waals surface area contributed by atoms with Crippen molar-refractivity contribution < 1.29 is 4.79 Å². The molecule has 1 atom stereocenters. The molecule has 4 nitrogen and oxygen atoms in total. The fourth-order valence-corrected chi connectivity index (χ4v) is 0.286. The van der Waals surface area contributed by atoms with Gasteiger partial charge in [-0.15, -0.1) is 0 Å². The highest BCUT2D eigenvalue weighted by atomic mass is 16.2. The van der Waals surface area contributed by atoms with E-state index in [1.807, 2.05) is 0 Å². The Labute approximate surface area is 48.4 Å². The average Bonchev–Trinajstić information content (AvgIpc) is 1.65. The van der Waals surface area contributed by atoms with Gasteiger partial charge in [0.05, 0.1) is 6.17 Å².